The highest BCUT2D eigenvalue weighted by atomic mass is 19.1. The first-order valence-electron chi connectivity index (χ1n) is 8.53. The molecule has 1 fully saturated rings. The summed E-state index contributed by atoms with van der Waals surface area (Å²) >= 11 is 0. The second-order valence-electron chi connectivity index (χ2n) is 6.73. The molecular formula is C20H20FN3O. The molecule has 3 aromatic rings. The van der Waals surface area contributed by atoms with Crippen molar-refractivity contribution in [1.82, 2.24) is 4.98 Å². The van der Waals surface area contributed by atoms with E-state index < -0.39 is 0 Å². The van der Waals surface area contributed by atoms with E-state index in [1.165, 1.54) is 12.1 Å². The smallest absolute Gasteiger partial charge is 0.227 e. The van der Waals surface area contributed by atoms with Gasteiger partial charge in [-0.2, -0.15) is 0 Å². The van der Waals surface area contributed by atoms with Crippen LogP contribution in [0, 0.1) is 11.7 Å². The van der Waals surface area contributed by atoms with Crippen LogP contribution >= 0.6 is 0 Å². The van der Waals surface area contributed by atoms with Gasteiger partial charge in [-0.05, 0) is 55.2 Å². The molecule has 2 aromatic carbocycles. The van der Waals surface area contributed by atoms with Gasteiger partial charge in [-0.25, -0.2) is 4.39 Å². The van der Waals surface area contributed by atoms with E-state index in [0.717, 1.165) is 47.0 Å². The summed E-state index contributed by atoms with van der Waals surface area (Å²) < 4.78 is 13.3. The summed E-state index contributed by atoms with van der Waals surface area (Å²) in [5, 5.41) is 3.94. The zero-order valence-electron chi connectivity index (χ0n) is 13.8. The van der Waals surface area contributed by atoms with Gasteiger partial charge in [-0.15, -0.1) is 0 Å². The molecule has 1 aliphatic rings. The van der Waals surface area contributed by atoms with E-state index in [9.17, 15) is 9.18 Å². The van der Waals surface area contributed by atoms with Crippen LogP contribution in [0.1, 0.15) is 19.3 Å². The van der Waals surface area contributed by atoms with Gasteiger partial charge < -0.3 is 16.0 Å². The maximum Gasteiger partial charge on any atom is 0.227 e. The molecular weight excluding hydrogens is 317 g/mol. The number of nitrogens with two attached hydrogens (primary N) is 1. The molecule has 2 atom stereocenters. The molecule has 1 aliphatic carbocycles. The van der Waals surface area contributed by atoms with Crippen molar-refractivity contribution in [3.05, 3.63) is 54.5 Å². The highest BCUT2D eigenvalue weighted by Gasteiger charge is 2.27. The molecule has 4 rings (SSSR count). The summed E-state index contributed by atoms with van der Waals surface area (Å²) in [5.41, 5.74) is 9.45. The number of fused-ring (bicyclic) bond motifs is 1. The number of benzene rings is 2. The summed E-state index contributed by atoms with van der Waals surface area (Å²) in [7, 11) is 0. The number of hydrogen-bond donors (Lipinski definition) is 3. The minimum absolute atomic E-state index is 0.0122. The van der Waals surface area contributed by atoms with E-state index in [4.69, 9.17) is 5.73 Å². The molecule has 0 bridgehead atoms. The minimum atomic E-state index is -0.259. The standard InChI is InChI=1S/C20H20FN3O/c21-14-4-8-17-18(11-23-19(17)10-14)12-2-6-16(7-3-12)24-20(25)13-1-5-15(22)9-13/h2-4,6-8,10-11,13,15,23H,1,5,9,22H2,(H,24,25)/t13-,15+/m1/s1. The lowest BCUT2D eigenvalue weighted by Gasteiger charge is -2.11. The molecule has 4 nitrogen and oxygen atoms in total. The summed E-state index contributed by atoms with van der Waals surface area (Å²) in [4.78, 5) is 15.4. The fourth-order valence-electron chi connectivity index (χ4n) is 3.57. The Morgan fingerprint density at radius 1 is 1.16 bits per heavy atom. The SMILES string of the molecule is N[C@H]1CC[C@@H](C(=O)Nc2ccc(-c3c[nH]c4cc(F)ccc34)cc2)C1. The predicted octanol–water partition coefficient (Wildman–Crippen LogP) is 4.04. The number of aromatic amines is 1. The summed E-state index contributed by atoms with van der Waals surface area (Å²) in [6, 6.07) is 12.6. The van der Waals surface area contributed by atoms with Crippen molar-refractivity contribution in [2.24, 2.45) is 11.7 Å². The van der Waals surface area contributed by atoms with Crippen molar-refractivity contribution < 1.29 is 9.18 Å². The van der Waals surface area contributed by atoms with Crippen LogP contribution in [0.15, 0.2) is 48.7 Å². The van der Waals surface area contributed by atoms with Crippen LogP contribution < -0.4 is 11.1 Å². The summed E-state index contributed by atoms with van der Waals surface area (Å²) in [6.45, 7) is 0. The first-order chi connectivity index (χ1) is 12.1. The maximum absolute atomic E-state index is 13.3. The zero-order chi connectivity index (χ0) is 17.4. The Hall–Kier alpha value is -2.66. The molecule has 0 aliphatic heterocycles. The average Bonchev–Trinajstić information content (AvgIpc) is 3.21. The van der Waals surface area contributed by atoms with Crippen molar-refractivity contribution in [2.75, 3.05) is 5.32 Å². The Labute approximate surface area is 145 Å². The van der Waals surface area contributed by atoms with Gasteiger partial charge in [0.2, 0.25) is 5.91 Å². The number of anilines is 1. The molecule has 0 radical (unpaired) electrons. The number of amides is 1. The second kappa shape index (κ2) is 6.33. The molecule has 128 valence electrons. The lowest BCUT2D eigenvalue weighted by Crippen LogP contribution is -2.23. The quantitative estimate of drug-likeness (QED) is 0.675. The molecule has 1 amide bonds. The molecule has 25 heavy (non-hydrogen) atoms. The van der Waals surface area contributed by atoms with Crippen molar-refractivity contribution in [3.8, 4) is 11.1 Å². The summed E-state index contributed by atoms with van der Waals surface area (Å²) in [5.74, 6) is -0.202. The normalized spacial score (nSPS) is 20.1. The Kier molecular flexibility index (Phi) is 4.01. The van der Waals surface area contributed by atoms with E-state index in [0.29, 0.717) is 0 Å². The molecule has 0 unspecified atom stereocenters. The van der Waals surface area contributed by atoms with Gasteiger partial charge in [0, 0.05) is 40.3 Å². The number of rotatable bonds is 3. The van der Waals surface area contributed by atoms with Crippen LogP contribution in [0.25, 0.3) is 22.0 Å². The van der Waals surface area contributed by atoms with Crippen molar-refractivity contribution in [1.29, 1.82) is 0 Å². The third kappa shape index (κ3) is 3.15. The lowest BCUT2D eigenvalue weighted by molar-refractivity contribution is -0.119. The van der Waals surface area contributed by atoms with Crippen LogP contribution in [-0.2, 0) is 4.79 Å². The first-order valence-corrected chi connectivity index (χ1v) is 8.53. The monoisotopic (exact) mass is 337 g/mol. The number of carbonyl (C=O) groups excluding carboxylic acids is 1. The van der Waals surface area contributed by atoms with Gasteiger partial charge >= 0.3 is 0 Å². The third-order valence-electron chi connectivity index (χ3n) is 4.95. The van der Waals surface area contributed by atoms with Crippen LogP contribution in [0.5, 0.6) is 0 Å². The number of nitrogens with one attached hydrogen (secondary N) is 2. The highest BCUT2D eigenvalue weighted by molar-refractivity contribution is 5.96. The topological polar surface area (TPSA) is 70.9 Å². The number of hydrogen-bond acceptors (Lipinski definition) is 2. The van der Waals surface area contributed by atoms with Crippen LogP contribution in [0.3, 0.4) is 0 Å². The molecule has 0 saturated heterocycles. The van der Waals surface area contributed by atoms with Gasteiger partial charge in [0.15, 0.2) is 0 Å². The van der Waals surface area contributed by atoms with E-state index >= 15 is 0 Å². The summed E-state index contributed by atoms with van der Waals surface area (Å²) in [6.07, 6.45) is 4.41. The van der Waals surface area contributed by atoms with E-state index in [1.54, 1.807) is 6.07 Å². The van der Waals surface area contributed by atoms with Gasteiger partial charge in [-0.1, -0.05) is 12.1 Å². The minimum Gasteiger partial charge on any atom is -0.360 e. The van der Waals surface area contributed by atoms with Gasteiger partial charge in [0.05, 0.1) is 0 Å². The first kappa shape index (κ1) is 15.8. The number of H-pyrrole nitrogens is 1. The highest BCUT2D eigenvalue weighted by Crippen LogP contribution is 2.30. The predicted molar refractivity (Wildman–Crippen MR) is 97.6 cm³/mol. The molecule has 1 saturated carbocycles. The Morgan fingerprint density at radius 3 is 2.68 bits per heavy atom. The van der Waals surface area contributed by atoms with E-state index in [2.05, 4.69) is 10.3 Å². The van der Waals surface area contributed by atoms with Gasteiger partial charge in [0.1, 0.15) is 5.82 Å². The second-order valence-corrected chi connectivity index (χ2v) is 6.73. The van der Waals surface area contributed by atoms with Gasteiger partial charge in [-0.3, -0.25) is 4.79 Å². The molecule has 4 N–H and O–H groups in total. The fraction of sp³-hybridized carbons (Fsp3) is 0.250. The number of carbonyl (C=O) groups is 1. The average molecular weight is 337 g/mol. The van der Waals surface area contributed by atoms with Crippen molar-refractivity contribution >= 4 is 22.5 Å². The molecule has 1 heterocycles. The van der Waals surface area contributed by atoms with Crippen molar-refractivity contribution in [3.63, 3.8) is 0 Å². The Balaban J connectivity index is 1.52. The Morgan fingerprint density at radius 2 is 1.96 bits per heavy atom. The zero-order valence-corrected chi connectivity index (χ0v) is 13.8. The molecule has 5 heteroatoms. The van der Waals surface area contributed by atoms with E-state index in [-0.39, 0.29) is 23.7 Å². The third-order valence-corrected chi connectivity index (χ3v) is 4.95. The largest absolute Gasteiger partial charge is 0.360 e. The van der Waals surface area contributed by atoms with E-state index in [1.807, 2.05) is 30.5 Å². The number of aromatic nitrogens is 1. The maximum atomic E-state index is 13.3. The molecule has 1 aromatic heterocycles. The fourth-order valence-corrected chi connectivity index (χ4v) is 3.57. The molecule has 0 spiro atoms. The number of halogens is 1. The lowest BCUT2D eigenvalue weighted by atomic mass is 10.0. The Bertz CT molecular complexity index is 916. The van der Waals surface area contributed by atoms with Crippen LogP contribution in [-0.4, -0.2) is 16.9 Å². The van der Waals surface area contributed by atoms with Crippen LogP contribution in [0.4, 0.5) is 10.1 Å². The van der Waals surface area contributed by atoms with Crippen LogP contribution in [0.2, 0.25) is 0 Å². The van der Waals surface area contributed by atoms with Crippen molar-refractivity contribution in [2.45, 2.75) is 25.3 Å². The van der Waals surface area contributed by atoms with Gasteiger partial charge in [0.25, 0.3) is 0 Å².